The van der Waals surface area contributed by atoms with E-state index in [0.717, 1.165) is 18.2 Å². The van der Waals surface area contributed by atoms with Crippen molar-refractivity contribution in [2.75, 3.05) is 6.61 Å². The summed E-state index contributed by atoms with van der Waals surface area (Å²) >= 11 is 0. The zero-order valence-corrected chi connectivity index (χ0v) is 11.7. The Balaban J connectivity index is 1.88. The Hall–Kier alpha value is -1.46. The van der Waals surface area contributed by atoms with E-state index < -0.39 is 0 Å². The summed E-state index contributed by atoms with van der Waals surface area (Å²) in [5.74, 6) is 4.37. The van der Waals surface area contributed by atoms with Gasteiger partial charge in [-0.05, 0) is 24.8 Å². The zero-order chi connectivity index (χ0) is 13.5. The summed E-state index contributed by atoms with van der Waals surface area (Å²) in [7, 11) is 0. The molecule has 102 valence electrons. The Morgan fingerprint density at radius 3 is 2.89 bits per heavy atom. The molecule has 0 heterocycles. The van der Waals surface area contributed by atoms with Gasteiger partial charge in [-0.3, -0.25) is 0 Å². The van der Waals surface area contributed by atoms with Gasteiger partial charge in [-0.15, -0.1) is 6.42 Å². The third-order valence-electron chi connectivity index (χ3n) is 3.67. The van der Waals surface area contributed by atoms with Crippen LogP contribution in [0.5, 0.6) is 5.75 Å². The minimum atomic E-state index is 0.330. The minimum Gasteiger partial charge on any atom is -0.481 e. The molecule has 0 spiro atoms. The lowest BCUT2D eigenvalue weighted by molar-refractivity contribution is 0.361. The molecule has 1 fully saturated rings. The van der Waals surface area contributed by atoms with Crippen molar-refractivity contribution in [2.24, 2.45) is 5.92 Å². The second-order valence-electron chi connectivity index (χ2n) is 5.27. The lowest BCUT2D eigenvalue weighted by atomic mass is 10.1. The van der Waals surface area contributed by atoms with E-state index in [1.807, 2.05) is 18.2 Å². The van der Waals surface area contributed by atoms with Crippen LogP contribution >= 0.6 is 0 Å². The predicted octanol–water partition coefficient (Wildman–Crippen LogP) is 3.37. The molecule has 1 aromatic carbocycles. The first-order valence-corrected chi connectivity index (χ1v) is 7.21. The number of rotatable bonds is 8. The van der Waals surface area contributed by atoms with Crippen LogP contribution in [-0.2, 0) is 6.54 Å². The van der Waals surface area contributed by atoms with Gasteiger partial charge in [0.1, 0.15) is 12.4 Å². The number of ether oxygens (including phenoxy) is 1. The lowest BCUT2D eigenvalue weighted by Crippen LogP contribution is -2.28. The van der Waals surface area contributed by atoms with Crippen LogP contribution in [0.2, 0.25) is 0 Å². The van der Waals surface area contributed by atoms with Crippen LogP contribution in [0.3, 0.4) is 0 Å². The van der Waals surface area contributed by atoms with Gasteiger partial charge in [0.05, 0.1) is 0 Å². The third-order valence-corrected chi connectivity index (χ3v) is 3.67. The SMILES string of the molecule is C#CCOc1ccccc1CNC(CC)CC1CC1. The first-order chi connectivity index (χ1) is 9.33. The fourth-order valence-corrected chi connectivity index (χ4v) is 2.31. The van der Waals surface area contributed by atoms with Crippen LogP contribution in [0.1, 0.15) is 38.2 Å². The Morgan fingerprint density at radius 2 is 2.21 bits per heavy atom. The number of terminal acetylenes is 1. The maximum absolute atomic E-state index is 5.57. The first kappa shape index (κ1) is 14.0. The van der Waals surface area contributed by atoms with E-state index in [-0.39, 0.29) is 0 Å². The first-order valence-electron chi connectivity index (χ1n) is 7.21. The van der Waals surface area contributed by atoms with Crippen molar-refractivity contribution in [3.8, 4) is 18.1 Å². The molecule has 0 aliphatic heterocycles. The molecule has 1 aliphatic rings. The number of hydrogen-bond donors (Lipinski definition) is 1. The van der Waals surface area contributed by atoms with E-state index in [1.165, 1.54) is 31.2 Å². The van der Waals surface area contributed by atoms with Gasteiger partial charge in [-0.25, -0.2) is 0 Å². The molecule has 1 N–H and O–H groups in total. The monoisotopic (exact) mass is 257 g/mol. The summed E-state index contributed by atoms with van der Waals surface area (Å²) < 4.78 is 5.57. The van der Waals surface area contributed by atoms with E-state index in [0.29, 0.717) is 12.6 Å². The molecule has 2 heteroatoms. The van der Waals surface area contributed by atoms with Crippen molar-refractivity contribution < 1.29 is 4.74 Å². The second kappa shape index (κ2) is 7.21. The Kier molecular flexibility index (Phi) is 5.30. The van der Waals surface area contributed by atoms with Crippen LogP contribution in [-0.4, -0.2) is 12.6 Å². The molecule has 0 bridgehead atoms. The normalized spacial score (nSPS) is 15.8. The van der Waals surface area contributed by atoms with Gasteiger partial charge in [0.25, 0.3) is 0 Å². The number of hydrogen-bond acceptors (Lipinski definition) is 2. The van der Waals surface area contributed by atoms with Crippen molar-refractivity contribution in [3.63, 3.8) is 0 Å². The molecule has 0 radical (unpaired) electrons. The van der Waals surface area contributed by atoms with E-state index in [2.05, 4.69) is 24.2 Å². The van der Waals surface area contributed by atoms with Crippen molar-refractivity contribution in [1.82, 2.24) is 5.32 Å². The molecule has 19 heavy (non-hydrogen) atoms. The third kappa shape index (κ3) is 4.61. The molecule has 1 aliphatic carbocycles. The van der Waals surface area contributed by atoms with Crippen LogP contribution in [0.15, 0.2) is 24.3 Å². The van der Waals surface area contributed by atoms with E-state index in [9.17, 15) is 0 Å². The second-order valence-corrected chi connectivity index (χ2v) is 5.27. The highest BCUT2D eigenvalue weighted by molar-refractivity contribution is 5.33. The van der Waals surface area contributed by atoms with Crippen molar-refractivity contribution in [1.29, 1.82) is 0 Å². The molecule has 0 amide bonds. The summed E-state index contributed by atoms with van der Waals surface area (Å²) in [6, 6.07) is 8.73. The van der Waals surface area contributed by atoms with Crippen LogP contribution in [0.25, 0.3) is 0 Å². The fourth-order valence-electron chi connectivity index (χ4n) is 2.31. The molecular formula is C17H23NO. The molecule has 2 rings (SSSR count). The van der Waals surface area contributed by atoms with E-state index in [4.69, 9.17) is 11.2 Å². The van der Waals surface area contributed by atoms with Gasteiger partial charge in [-0.2, -0.15) is 0 Å². The molecular weight excluding hydrogens is 234 g/mol. The largest absolute Gasteiger partial charge is 0.481 e. The number of benzene rings is 1. The molecule has 2 nitrogen and oxygen atoms in total. The smallest absolute Gasteiger partial charge is 0.148 e. The van der Waals surface area contributed by atoms with Gasteiger partial charge in [0.2, 0.25) is 0 Å². The highest BCUT2D eigenvalue weighted by Crippen LogP contribution is 2.34. The average molecular weight is 257 g/mol. The Labute approximate surface area is 116 Å². The van der Waals surface area contributed by atoms with Crippen LogP contribution in [0, 0.1) is 18.3 Å². The Bertz CT molecular complexity index is 431. The predicted molar refractivity (Wildman–Crippen MR) is 79.0 cm³/mol. The maximum atomic E-state index is 5.57. The minimum absolute atomic E-state index is 0.330. The van der Waals surface area contributed by atoms with E-state index in [1.54, 1.807) is 0 Å². The lowest BCUT2D eigenvalue weighted by Gasteiger charge is -2.18. The maximum Gasteiger partial charge on any atom is 0.148 e. The molecule has 1 saturated carbocycles. The van der Waals surface area contributed by atoms with Gasteiger partial charge < -0.3 is 10.1 Å². The average Bonchev–Trinajstić information content (AvgIpc) is 3.26. The van der Waals surface area contributed by atoms with Crippen molar-refractivity contribution in [2.45, 2.75) is 45.2 Å². The standard InChI is InChI=1S/C17H23NO/c1-3-11-19-17-8-6-5-7-15(17)13-18-16(4-2)12-14-9-10-14/h1,5-8,14,16,18H,4,9-13H2,2H3. The quantitative estimate of drug-likeness (QED) is 0.721. The van der Waals surface area contributed by atoms with Crippen molar-refractivity contribution >= 4 is 0 Å². The molecule has 1 aromatic rings. The van der Waals surface area contributed by atoms with Gasteiger partial charge >= 0.3 is 0 Å². The summed E-state index contributed by atoms with van der Waals surface area (Å²) in [5, 5.41) is 3.64. The van der Waals surface area contributed by atoms with Crippen molar-refractivity contribution in [3.05, 3.63) is 29.8 Å². The molecule has 1 atom stereocenters. The summed E-state index contributed by atoms with van der Waals surface area (Å²) in [6.07, 6.45) is 10.6. The molecule has 0 aromatic heterocycles. The molecule has 0 saturated heterocycles. The van der Waals surface area contributed by atoms with Gasteiger partial charge in [0.15, 0.2) is 0 Å². The topological polar surface area (TPSA) is 21.3 Å². The van der Waals surface area contributed by atoms with Gasteiger partial charge in [0, 0.05) is 18.2 Å². The highest BCUT2D eigenvalue weighted by Gasteiger charge is 2.24. The summed E-state index contributed by atoms with van der Waals surface area (Å²) in [6.45, 7) is 3.43. The summed E-state index contributed by atoms with van der Waals surface area (Å²) in [4.78, 5) is 0. The highest BCUT2D eigenvalue weighted by atomic mass is 16.5. The fraction of sp³-hybridized carbons (Fsp3) is 0.529. The number of nitrogens with one attached hydrogen (secondary N) is 1. The summed E-state index contributed by atoms with van der Waals surface area (Å²) in [5.41, 5.74) is 1.19. The zero-order valence-electron chi connectivity index (χ0n) is 11.7. The van der Waals surface area contributed by atoms with Crippen LogP contribution < -0.4 is 10.1 Å². The van der Waals surface area contributed by atoms with E-state index >= 15 is 0 Å². The number of para-hydroxylation sites is 1. The molecule has 1 unspecified atom stereocenters. The Morgan fingerprint density at radius 1 is 1.42 bits per heavy atom. The van der Waals surface area contributed by atoms with Gasteiger partial charge in [-0.1, -0.05) is 43.9 Å². The van der Waals surface area contributed by atoms with Crippen LogP contribution in [0.4, 0.5) is 0 Å².